The summed E-state index contributed by atoms with van der Waals surface area (Å²) in [6, 6.07) is 18.5. The summed E-state index contributed by atoms with van der Waals surface area (Å²) in [6.07, 6.45) is 0. The lowest BCUT2D eigenvalue weighted by atomic mass is 10.1. The van der Waals surface area contributed by atoms with Crippen molar-refractivity contribution in [1.29, 1.82) is 0 Å². The molecule has 0 saturated carbocycles. The number of nitrogens with one attached hydrogen (secondary N) is 1. The van der Waals surface area contributed by atoms with E-state index in [4.69, 9.17) is 11.6 Å². The number of amides is 1. The minimum Gasteiger partial charge on any atom is -0.321 e. The minimum atomic E-state index is -3.76. The maximum absolute atomic E-state index is 13.0. The van der Waals surface area contributed by atoms with Gasteiger partial charge in [0.15, 0.2) is 0 Å². The van der Waals surface area contributed by atoms with Crippen LogP contribution in [-0.4, -0.2) is 21.4 Å². The first-order valence-corrected chi connectivity index (χ1v) is 10.7. The molecule has 0 spiro atoms. The van der Waals surface area contributed by atoms with Gasteiger partial charge >= 0.3 is 0 Å². The van der Waals surface area contributed by atoms with E-state index in [1.165, 1.54) is 11.4 Å². The Hall–Kier alpha value is -2.83. The van der Waals surface area contributed by atoms with Gasteiger partial charge < -0.3 is 5.32 Å². The minimum absolute atomic E-state index is 0.191. The smallest absolute Gasteiger partial charge is 0.264 e. The lowest BCUT2D eigenvalue weighted by Gasteiger charge is -2.22. The monoisotopic (exact) mass is 428 g/mol. The molecule has 3 aromatic carbocycles. The number of anilines is 2. The molecule has 150 valence electrons. The summed E-state index contributed by atoms with van der Waals surface area (Å²) in [5, 5.41) is 3.17. The Labute approximate surface area is 176 Å². The number of para-hydroxylation sites is 1. The fourth-order valence-electron chi connectivity index (χ4n) is 2.84. The number of hydrogen-bond donors (Lipinski definition) is 1. The Morgan fingerprint density at radius 1 is 0.966 bits per heavy atom. The molecule has 7 heteroatoms. The van der Waals surface area contributed by atoms with Gasteiger partial charge in [0, 0.05) is 12.6 Å². The van der Waals surface area contributed by atoms with Gasteiger partial charge in [0.2, 0.25) is 0 Å². The topological polar surface area (TPSA) is 66.5 Å². The van der Waals surface area contributed by atoms with Crippen LogP contribution in [0.4, 0.5) is 11.4 Å². The van der Waals surface area contributed by atoms with Crippen molar-refractivity contribution in [2.75, 3.05) is 16.7 Å². The van der Waals surface area contributed by atoms with Crippen molar-refractivity contribution < 1.29 is 13.2 Å². The number of halogens is 1. The van der Waals surface area contributed by atoms with Crippen LogP contribution in [0.2, 0.25) is 5.02 Å². The first-order valence-electron chi connectivity index (χ1n) is 8.92. The number of benzene rings is 3. The average molecular weight is 429 g/mol. The van der Waals surface area contributed by atoms with Crippen LogP contribution < -0.4 is 9.62 Å². The van der Waals surface area contributed by atoms with E-state index >= 15 is 0 Å². The summed E-state index contributed by atoms with van der Waals surface area (Å²) < 4.78 is 27.2. The van der Waals surface area contributed by atoms with Crippen LogP contribution in [0.1, 0.15) is 21.5 Å². The van der Waals surface area contributed by atoms with E-state index in [1.807, 2.05) is 6.92 Å². The standard InChI is InChI=1S/C22H21ClN2O3S/c1-15-8-12-18(13-9-15)29(27,28)25(3)21-14-17(11-10-16(21)2)22(26)24-20-7-5-4-6-19(20)23/h4-14H,1-3H3,(H,24,26). The van der Waals surface area contributed by atoms with E-state index in [9.17, 15) is 13.2 Å². The SMILES string of the molecule is Cc1ccc(S(=O)(=O)N(C)c2cc(C(=O)Nc3ccccc3Cl)ccc2C)cc1. The van der Waals surface area contributed by atoms with Crippen LogP contribution >= 0.6 is 11.6 Å². The molecule has 3 aromatic rings. The third-order valence-corrected chi connectivity index (χ3v) is 6.73. The highest BCUT2D eigenvalue weighted by atomic mass is 35.5. The Morgan fingerprint density at radius 2 is 1.62 bits per heavy atom. The van der Waals surface area contributed by atoms with Crippen LogP contribution in [0.25, 0.3) is 0 Å². The quantitative estimate of drug-likeness (QED) is 0.619. The molecule has 1 amide bonds. The van der Waals surface area contributed by atoms with Crippen molar-refractivity contribution >= 4 is 38.9 Å². The Morgan fingerprint density at radius 3 is 2.28 bits per heavy atom. The highest BCUT2D eigenvalue weighted by Gasteiger charge is 2.23. The molecule has 29 heavy (non-hydrogen) atoms. The maximum Gasteiger partial charge on any atom is 0.264 e. The Balaban J connectivity index is 1.93. The molecule has 0 heterocycles. The second-order valence-corrected chi connectivity index (χ2v) is 9.10. The highest BCUT2D eigenvalue weighted by Crippen LogP contribution is 2.28. The number of nitrogens with zero attached hydrogens (tertiary/aromatic N) is 1. The molecule has 0 unspecified atom stereocenters. The molecule has 0 radical (unpaired) electrons. The zero-order valence-corrected chi connectivity index (χ0v) is 17.9. The number of hydrogen-bond acceptors (Lipinski definition) is 3. The summed E-state index contributed by atoms with van der Waals surface area (Å²) in [7, 11) is -2.28. The molecular formula is C22H21ClN2O3S. The van der Waals surface area contributed by atoms with Gasteiger partial charge in [0.1, 0.15) is 0 Å². The van der Waals surface area contributed by atoms with Crippen molar-refractivity contribution in [3.63, 3.8) is 0 Å². The predicted molar refractivity (Wildman–Crippen MR) is 117 cm³/mol. The van der Waals surface area contributed by atoms with Gasteiger partial charge in [0.25, 0.3) is 15.9 Å². The van der Waals surface area contributed by atoms with E-state index in [2.05, 4.69) is 5.32 Å². The van der Waals surface area contributed by atoms with Gasteiger partial charge in [-0.1, -0.05) is 47.5 Å². The van der Waals surface area contributed by atoms with E-state index in [-0.39, 0.29) is 10.8 Å². The summed E-state index contributed by atoms with van der Waals surface area (Å²) in [5.41, 5.74) is 2.95. The molecule has 0 aromatic heterocycles. The largest absolute Gasteiger partial charge is 0.321 e. The van der Waals surface area contributed by atoms with Gasteiger partial charge in [0.05, 0.1) is 21.3 Å². The molecule has 0 saturated heterocycles. The molecule has 3 rings (SSSR count). The molecule has 0 bridgehead atoms. The second-order valence-electron chi connectivity index (χ2n) is 6.72. The maximum atomic E-state index is 13.0. The lowest BCUT2D eigenvalue weighted by Crippen LogP contribution is -2.27. The number of carbonyl (C=O) groups is 1. The second kappa shape index (κ2) is 8.27. The number of aryl methyl sites for hydroxylation is 2. The van der Waals surface area contributed by atoms with E-state index in [0.717, 1.165) is 11.1 Å². The molecule has 0 aliphatic heterocycles. The summed E-state index contributed by atoms with van der Waals surface area (Å²) in [4.78, 5) is 12.9. The predicted octanol–water partition coefficient (Wildman–Crippen LogP) is 5.03. The van der Waals surface area contributed by atoms with Crippen LogP contribution in [0.15, 0.2) is 71.6 Å². The zero-order valence-electron chi connectivity index (χ0n) is 16.3. The highest BCUT2D eigenvalue weighted by molar-refractivity contribution is 7.92. The Bertz CT molecular complexity index is 1160. The number of sulfonamides is 1. The molecular weight excluding hydrogens is 408 g/mol. The van der Waals surface area contributed by atoms with Crippen LogP contribution in [0.3, 0.4) is 0 Å². The van der Waals surface area contributed by atoms with Crippen LogP contribution in [0, 0.1) is 13.8 Å². The third-order valence-electron chi connectivity index (χ3n) is 4.61. The van der Waals surface area contributed by atoms with Crippen molar-refractivity contribution in [3.05, 3.63) is 88.4 Å². The van der Waals surface area contributed by atoms with Crippen molar-refractivity contribution in [2.24, 2.45) is 0 Å². The van der Waals surface area contributed by atoms with Crippen LogP contribution in [0.5, 0.6) is 0 Å². The van der Waals surface area contributed by atoms with Crippen molar-refractivity contribution in [1.82, 2.24) is 0 Å². The van der Waals surface area contributed by atoms with Crippen molar-refractivity contribution in [2.45, 2.75) is 18.7 Å². The normalized spacial score (nSPS) is 11.2. The average Bonchev–Trinajstić information content (AvgIpc) is 2.70. The molecule has 5 nitrogen and oxygen atoms in total. The Kier molecular flexibility index (Phi) is 5.96. The van der Waals surface area contributed by atoms with Gasteiger partial charge in [-0.05, 0) is 55.8 Å². The van der Waals surface area contributed by atoms with Gasteiger partial charge in [-0.25, -0.2) is 8.42 Å². The molecule has 0 aliphatic rings. The molecule has 0 fully saturated rings. The zero-order chi connectivity index (χ0) is 21.2. The fraction of sp³-hybridized carbons (Fsp3) is 0.136. The molecule has 1 N–H and O–H groups in total. The van der Waals surface area contributed by atoms with Crippen LogP contribution in [-0.2, 0) is 10.0 Å². The van der Waals surface area contributed by atoms with Gasteiger partial charge in [-0.2, -0.15) is 0 Å². The summed E-state index contributed by atoms with van der Waals surface area (Å²) >= 11 is 6.10. The van der Waals surface area contributed by atoms with Gasteiger partial charge in [-0.3, -0.25) is 9.10 Å². The molecule has 0 aliphatic carbocycles. The van der Waals surface area contributed by atoms with E-state index in [1.54, 1.807) is 73.7 Å². The first kappa shape index (κ1) is 20.9. The summed E-state index contributed by atoms with van der Waals surface area (Å²) in [5.74, 6) is -0.375. The number of carbonyl (C=O) groups excluding carboxylic acids is 1. The lowest BCUT2D eigenvalue weighted by molar-refractivity contribution is 0.102. The van der Waals surface area contributed by atoms with Gasteiger partial charge in [-0.15, -0.1) is 0 Å². The van der Waals surface area contributed by atoms with E-state index in [0.29, 0.717) is 22.0 Å². The third kappa shape index (κ3) is 4.44. The first-order chi connectivity index (χ1) is 13.7. The van der Waals surface area contributed by atoms with E-state index < -0.39 is 10.0 Å². The fourth-order valence-corrected chi connectivity index (χ4v) is 4.28. The van der Waals surface area contributed by atoms with Crippen molar-refractivity contribution in [3.8, 4) is 0 Å². The summed E-state index contributed by atoms with van der Waals surface area (Å²) in [6.45, 7) is 3.69. The number of rotatable bonds is 5. The molecule has 0 atom stereocenters.